The Morgan fingerprint density at radius 2 is 1.71 bits per heavy atom. The Kier molecular flexibility index (Phi) is 8.59. The van der Waals surface area contributed by atoms with Gasteiger partial charge in [-0.1, -0.05) is 0 Å². The Bertz CT molecular complexity index is 546. The number of nitrogens with one attached hydrogen (secondary N) is 2. The molecule has 0 aliphatic heterocycles. The SMILES string of the molecule is C[C@H](NC(=O)[C@H](C)NC(=O)OC(=O)[C@@H](N)CCP(C)(=O)O)C(=O)O. The molecule has 0 bridgehead atoms. The van der Waals surface area contributed by atoms with Gasteiger partial charge in [-0.2, -0.15) is 0 Å². The highest BCUT2D eigenvalue weighted by Crippen LogP contribution is 2.35. The molecule has 0 aliphatic rings. The van der Waals surface area contributed by atoms with Crippen LogP contribution in [0, 0.1) is 0 Å². The number of alkyl carbamates (subject to hydrolysis) is 1. The van der Waals surface area contributed by atoms with Crippen LogP contribution < -0.4 is 16.4 Å². The Balaban J connectivity index is 4.37. The zero-order chi connectivity index (χ0) is 19.1. The van der Waals surface area contributed by atoms with E-state index < -0.39 is 49.4 Å². The Morgan fingerprint density at radius 1 is 1.17 bits per heavy atom. The summed E-state index contributed by atoms with van der Waals surface area (Å²) in [6.45, 7) is 3.60. The first-order chi connectivity index (χ1) is 10.8. The van der Waals surface area contributed by atoms with E-state index in [4.69, 9.17) is 15.7 Å². The fraction of sp³-hybridized carbons (Fsp3) is 0.667. The highest BCUT2D eigenvalue weighted by atomic mass is 31.2. The molecule has 1 unspecified atom stereocenters. The lowest BCUT2D eigenvalue weighted by Gasteiger charge is -2.16. The van der Waals surface area contributed by atoms with Crippen molar-refractivity contribution in [3.8, 4) is 0 Å². The van der Waals surface area contributed by atoms with Gasteiger partial charge in [-0.3, -0.25) is 14.2 Å². The van der Waals surface area contributed by atoms with Gasteiger partial charge in [-0.25, -0.2) is 9.59 Å². The molecule has 0 radical (unpaired) electrons. The van der Waals surface area contributed by atoms with Crippen molar-refractivity contribution in [1.29, 1.82) is 0 Å². The van der Waals surface area contributed by atoms with Gasteiger partial charge in [0.1, 0.15) is 18.1 Å². The largest absolute Gasteiger partial charge is 0.480 e. The van der Waals surface area contributed by atoms with Crippen molar-refractivity contribution in [2.75, 3.05) is 12.8 Å². The van der Waals surface area contributed by atoms with Crippen LogP contribution in [0.1, 0.15) is 20.3 Å². The van der Waals surface area contributed by atoms with E-state index in [9.17, 15) is 23.7 Å². The number of hydrogen-bond donors (Lipinski definition) is 5. The number of esters is 1. The number of amides is 2. The lowest BCUT2D eigenvalue weighted by molar-refractivity contribution is -0.141. The molecule has 0 saturated heterocycles. The third kappa shape index (κ3) is 9.23. The van der Waals surface area contributed by atoms with E-state index in [2.05, 4.69) is 10.1 Å². The monoisotopic (exact) mass is 367 g/mol. The van der Waals surface area contributed by atoms with Crippen LogP contribution in [0.2, 0.25) is 0 Å². The second-order valence-corrected chi connectivity index (χ2v) is 7.86. The lowest BCUT2D eigenvalue weighted by Crippen LogP contribution is -2.50. The van der Waals surface area contributed by atoms with Gasteiger partial charge in [0.2, 0.25) is 5.91 Å². The molecule has 0 aromatic rings. The molecule has 11 nitrogen and oxygen atoms in total. The first-order valence-corrected chi connectivity index (χ1v) is 9.23. The van der Waals surface area contributed by atoms with E-state index >= 15 is 0 Å². The molecule has 0 fully saturated rings. The molecule has 0 aromatic heterocycles. The van der Waals surface area contributed by atoms with Crippen LogP contribution in [0.3, 0.4) is 0 Å². The van der Waals surface area contributed by atoms with Crippen LogP contribution in [0.25, 0.3) is 0 Å². The van der Waals surface area contributed by atoms with Crippen LogP contribution in [-0.2, 0) is 23.7 Å². The molecule has 0 aromatic carbocycles. The molecular weight excluding hydrogens is 345 g/mol. The predicted molar refractivity (Wildman–Crippen MR) is 82.5 cm³/mol. The summed E-state index contributed by atoms with van der Waals surface area (Å²) in [5, 5.41) is 12.8. The molecule has 0 saturated carbocycles. The van der Waals surface area contributed by atoms with Gasteiger partial charge in [0.05, 0.1) is 0 Å². The lowest BCUT2D eigenvalue weighted by atomic mass is 10.2. The number of ether oxygens (including phenoxy) is 1. The molecular formula is C12H22N3O8P. The third-order valence-corrected chi connectivity index (χ3v) is 3.90. The molecule has 2 amide bonds. The topological polar surface area (TPSA) is 185 Å². The van der Waals surface area contributed by atoms with Crippen LogP contribution in [-0.4, -0.2) is 64.9 Å². The molecule has 4 atom stereocenters. The number of carbonyl (C=O) groups excluding carboxylic acids is 3. The summed E-state index contributed by atoms with van der Waals surface area (Å²) in [4.78, 5) is 54.3. The van der Waals surface area contributed by atoms with Gasteiger partial charge in [-0.15, -0.1) is 0 Å². The summed E-state index contributed by atoms with van der Waals surface area (Å²) in [5.41, 5.74) is 5.43. The van der Waals surface area contributed by atoms with Gasteiger partial charge in [-0.05, 0) is 20.3 Å². The highest BCUT2D eigenvalue weighted by Gasteiger charge is 2.25. The van der Waals surface area contributed by atoms with E-state index in [0.717, 1.165) is 6.66 Å². The van der Waals surface area contributed by atoms with Crippen molar-refractivity contribution in [3.05, 3.63) is 0 Å². The van der Waals surface area contributed by atoms with Crippen LogP contribution in [0.15, 0.2) is 0 Å². The number of carboxylic acids is 1. The van der Waals surface area contributed by atoms with Gasteiger partial charge >= 0.3 is 18.0 Å². The quantitative estimate of drug-likeness (QED) is 0.200. The molecule has 0 rings (SSSR count). The standard InChI is InChI=1S/C12H22N3O8P/c1-6(9(16)14-7(2)10(17)18)15-12(20)23-11(19)8(13)4-5-24(3,21)22/h6-8H,4-5,13H2,1-3H3,(H,14,16)(H,15,20)(H,17,18)(H,21,22)/t6-,7-,8-/m0/s1. The Hall–Kier alpha value is -1.97. The summed E-state index contributed by atoms with van der Waals surface area (Å²) >= 11 is 0. The molecule has 24 heavy (non-hydrogen) atoms. The maximum atomic E-state index is 11.6. The van der Waals surface area contributed by atoms with Crippen molar-refractivity contribution in [2.45, 2.75) is 38.4 Å². The van der Waals surface area contributed by atoms with Crippen LogP contribution in [0.4, 0.5) is 4.79 Å². The normalized spacial score (nSPS) is 16.9. The predicted octanol–water partition coefficient (Wildman–Crippen LogP) is -1.17. The summed E-state index contributed by atoms with van der Waals surface area (Å²) in [7, 11) is -3.34. The number of carboxylic acid groups (broad SMARTS) is 1. The minimum atomic E-state index is -3.34. The zero-order valence-electron chi connectivity index (χ0n) is 13.5. The van der Waals surface area contributed by atoms with E-state index in [0.29, 0.717) is 0 Å². The van der Waals surface area contributed by atoms with Crippen LogP contribution in [0.5, 0.6) is 0 Å². The van der Waals surface area contributed by atoms with Gasteiger partial charge < -0.3 is 31.1 Å². The molecule has 6 N–H and O–H groups in total. The summed E-state index contributed by atoms with van der Waals surface area (Å²) in [6, 6.07) is -3.58. The Labute approximate surface area is 138 Å². The number of aliphatic carboxylic acids is 1. The van der Waals surface area contributed by atoms with E-state index in [1.807, 2.05) is 5.32 Å². The van der Waals surface area contributed by atoms with Crippen molar-refractivity contribution < 1.29 is 38.5 Å². The number of carbonyl (C=O) groups is 4. The second-order valence-electron chi connectivity index (χ2n) is 5.31. The fourth-order valence-corrected chi connectivity index (χ4v) is 2.09. The average molecular weight is 367 g/mol. The first-order valence-electron chi connectivity index (χ1n) is 6.93. The van der Waals surface area contributed by atoms with Crippen molar-refractivity contribution in [1.82, 2.24) is 10.6 Å². The summed E-state index contributed by atoms with van der Waals surface area (Å²) < 4.78 is 15.5. The molecule has 12 heteroatoms. The minimum absolute atomic E-state index is 0.150. The highest BCUT2D eigenvalue weighted by molar-refractivity contribution is 7.57. The molecule has 138 valence electrons. The minimum Gasteiger partial charge on any atom is -0.480 e. The number of hydrogen-bond acceptors (Lipinski definition) is 7. The van der Waals surface area contributed by atoms with E-state index in [1.54, 1.807) is 0 Å². The Morgan fingerprint density at radius 3 is 2.17 bits per heavy atom. The van der Waals surface area contributed by atoms with Crippen LogP contribution >= 0.6 is 7.37 Å². The fourth-order valence-electron chi connectivity index (χ4n) is 1.34. The second kappa shape index (κ2) is 9.36. The number of nitrogens with two attached hydrogens (primary N) is 1. The van der Waals surface area contributed by atoms with Gasteiger partial charge in [0.15, 0.2) is 7.37 Å². The van der Waals surface area contributed by atoms with Crippen molar-refractivity contribution in [3.63, 3.8) is 0 Å². The van der Waals surface area contributed by atoms with E-state index in [1.165, 1.54) is 13.8 Å². The third-order valence-electron chi connectivity index (χ3n) is 2.81. The molecule has 0 heterocycles. The van der Waals surface area contributed by atoms with Gasteiger partial charge in [0, 0.05) is 12.8 Å². The first kappa shape index (κ1) is 22.0. The molecule has 0 spiro atoms. The summed E-state index contributed by atoms with van der Waals surface area (Å²) in [5.74, 6) is -3.16. The average Bonchev–Trinajstić information content (AvgIpc) is 2.43. The molecule has 0 aliphatic carbocycles. The van der Waals surface area contributed by atoms with E-state index in [-0.39, 0.29) is 12.6 Å². The maximum Gasteiger partial charge on any atom is 0.415 e. The van der Waals surface area contributed by atoms with Crippen molar-refractivity contribution >= 4 is 31.3 Å². The summed E-state index contributed by atoms with van der Waals surface area (Å²) in [6.07, 6.45) is -1.61. The number of rotatable bonds is 8. The smallest absolute Gasteiger partial charge is 0.415 e. The van der Waals surface area contributed by atoms with Crippen molar-refractivity contribution in [2.24, 2.45) is 5.73 Å². The zero-order valence-corrected chi connectivity index (χ0v) is 14.4. The van der Waals surface area contributed by atoms with Gasteiger partial charge in [0.25, 0.3) is 0 Å². The maximum absolute atomic E-state index is 11.6.